The van der Waals surface area contributed by atoms with Gasteiger partial charge in [0.15, 0.2) is 0 Å². The van der Waals surface area contributed by atoms with E-state index in [1.807, 2.05) is 12.3 Å². The third-order valence-electron chi connectivity index (χ3n) is 8.51. The number of pyridine rings is 2. The van der Waals surface area contributed by atoms with Crippen molar-refractivity contribution in [2.75, 3.05) is 44.7 Å². The lowest BCUT2D eigenvalue weighted by molar-refractivity contribution is 0.101. The molecule has 3 aromatic heterocycles. The Labute approximate surface area is 215 Å². The van der Waals surface area contributed by atoms with Crippen LogP contribution >= 0.6 is 0 Å². The molecule has 2 aliphatic heterocycles. The number of hydrogen-bond donors (Lipinski definition) is 0. The van der Waals surface area contributed by atoms with Gasteiger partial charge in [0, 0.05) is 45.0 Å². The Bertz CT molecular complexity index is 1200. The summed E-state index contributed by atoms with van der Waals surface area (Å²) in [6.07, 6.45) is 8.11. The minimum atomic E-state index is 0.250. The number of rotatable bonds is 7. The van der Waals surface area contributed by atoms with Gasteiger partial charge in [-0.1, -0.05) is 12.1 Å². The molecule has 192 valence electrons. The summed E-state index contributed by atoms with van der Waals surface area (Å²) in [4.78, 5) is 17.8. The normalized spacial score (nSPS) is 24.0. The first-order valence-electron chi connectivity index (χ1n) is 13.9. The molecule has 0 radical (unpaired) electrons. The zero-order valence-corrected chi connectivity index (χ0v) is 22.1. The smallest absolute Gasteiger partial charge is 0.138 e. The maximum atomic E-state index is 6.06. The summed E-state index contributed by atoms with van der Waals surface area (Å²) in [6, 6.07) is 12.2. The van der Waals surface area contributed by atoms with Gasteiger partial charge in [0.25, 0.3) is 0 Å². The van der Waals surface area contributed by atoms with Crippen molar-refractivity contribution in [1.29, 1.82) is 0 Å². The second-order valence-corrected chi connectivity index (χ2v) is 10.7. The van der Waals surface area contributed by atoms with Crippen LogP contribution in [0.2, 0.25) is 0 Å². The summed E-state index contributed by atoms with van der Waals surface area (Å²) in [5.41, 5.74) is 5.89. The van der Waals surface area contributed by atoms with E-state index in [2.05, 4.69) is 64.3 Å². The van der Waals surface area contributed by atoms with Gasteiger partial charge in [-0.3, -0.25) is 19.2 Å². The number of aromatic nitrogens is 3. The fraction of sp³-hybridized carbons (Fsp3) is 0.586. The van der Waals surface area contributed by atoms with E-state index in [1.165, 1.54) is 47.7 Å². The molecule has 1 unspecified atom stereocenters. The highest BCUT2D eigenvalue weighted by molar-refractivity contribution is 5.55. The molecule has 0 amide bonds. The molecule has 0 N–H and O–H groups in total. The second kappa shape index (κ2) is 10.1. The van der Waals surface area contributed by atoms with Crippen LogP contribution in [0.15, 0.2) is 36.5 Å². The van der Waals surface area contributed by atoms with Gasteiger partial charge in [-0.05, 0) is 76.8 Å². The van der Waals surface area contributed by atoms with E-state index in [4.69, 9.17) is 14.7 Å². The molecule has 6 rings (SSSR count). The number of piperazine rings is 1. The number of imidazole rings is 1. The Balaban J connectivity index is 1.36. The van der Waals surface area contributed by atoms with E-state index in [9.17, 15) is 0 Å². The van der Waals surface area contributed by atoms with Crippen LogP contribution in [0, 0.1) is 6.92 Å². The van der Waals surface area contributed by atoms with Crippen LogP contribution in [0.4, 0.5) is 5.82 Å². The van der Waals surface area contributed by atoms with Crippen molar-refractivity contribution >= 4 is 11.5 Å². The summed E-state index contributed by atoms with van der Waals surface area (Å²) >= 11 is 0. The lowest BCUT2D eigenvalue weighted by Crippen LogP contribution is -2.47. The molecule has 36 heavy (non-hydrogen) atoms. The summed E-state index contributed by atoms with van der Waals surface area (Å²) in [5.74, 6) is 1.26. The summed E-state index contributed by atoms with van der Waals surface area (Å²) in [7, 11) is 2.26. The molecule has 0 aromatic carbocycles. The molecular formula is C29H40N6O. The van der Waals surface area contributed by atoms with Crippen molar-refractivity contribution in [1.82, 2.24) is 24.2 Å². The zero-order chi connectivity index (χ0) is 24.6. The molecule has 0 spiro atoms. The summed E-state index contributed by atoms with van der Waals surface area (Å²) in [5, 5.41) is 0. The predicted octanol–water partition coefficient (Wildman–Crippen LogP) is 4.76. The van der Waals surface area contributed by atoms with Crippen LogP contribution in [0.25, 0.3) is 5.65 Å². The molecule has 2 atom stereocenters. The fourth-order valence-corrected chi connectivity index (χ4v) is 6.39. The minimum absolute atomic E-state index is 0.250. The molecule has 7 nitrogen and oxygen atoms in total. The monoisotopic (exact) mass is 488 g/mol. The maximum Gasteiger partial charge on any atom is 0.138 e. The van der Waals surface area contributed by atoms with Crippen LogP contribution in [0.5, 0.6) is 0 Å². The lowest BCUT2D eigenvalue weighted by Gasteiger charge is -2.39. The van der Waals surface area contributed by atoms with Crippen molar-refractivity contribution in [3.63, 3.8) is 0 Å². The molecule has 3 aromatic rings. The predicted molar refractivity (Wildman–Crippen MR) is 143 cm³/mol. The Morgan fingerprint density at radius 3 is 2.44 bits per heavy atom. The van der Waals surface area contributed by atoms with Crippen molar-refractivity contribution in [3.05, 3.63) is 59.2 Å². The van der Waals surface area contributed by atoms with Gasteiger partial charge in [-0.2, -0.15) is 0 Å². The number of nitrogens with zero attached hydrogens (tertiary/aromatic N) is 6. The summed E-state index contributed by atoms with van der Waals surface area (Å²) in [6.45, 7) is 9.99. The van der Waals surface area contributed by atoms with Gasteiger partial charge in [-0.15, -0.1) is 0 Å². The number of hydrogen-bond acceptors (Lipinski definition) is 6. The Kier molecular flexibility index (Phi) is 6.71. The molecule has 0 bridgehead atoms. The molecule has 2 saturated heterocycles. The Morgan fingerprint density at radius 2 is 1.72 bits per heavy atom. The Hall–Kier alpha value is -2.48. The molecule has 1 aliphatic carbocycles. The van der Waals surface area contributed by atoms with Gasteiger partial charge in [0.2, 0.25) is 0 Å². The average molecular weight is 489 g/mol. The van der Waals surface area contributed by atoms with Gasteiger partial charge in [0.1, 0.15) is 11.5 Å². The van der Waals surface area contributed by atoms with E-state index >= 15 is 0 Å². The first kappa shape index (κ1) is 23.9. The third-order valence-corrected chi connectivity index (χ3v) is 8.51. The zero-order valence-electron chi connectivity index (χ0n) is 22.1. The van der Waals surface area contributed by atoms with Crippen molar-refractivity contribution in [2.24, 2.45) is 0 Å². The number of piperidine rings is 1. The largest absolute Gasteiger partial charge is 0.375 e. The van der Waals surface area contributed by atoms with Crippen LogP contribution < -0.4 is 4.90 Å². The van der Waals surface area contributed by atoms with Crippen molar-refractivity contribution in [3.8, 4) is 0 Å². The Morgan fingerprint density at radius 1 is 0.944 bits per heavy atom. The van der Waals surface area contributed by atoms with Gasteiger partial charge in [0.05, 0.1) is 35.8 Å². The molecule has 5 heterocycles. The number of likely N-dealkylation sites (tertiary alicyclic amines) is 1. The standard InChI is InChI=1S/C29H40N6O/c1-4-36-20-25-29(24-10-5-9-23(32(24)3)28-21(2)8-7-15-30-28)31-26-11-6-12-27(35(25)26)34-18-16-33(17-19-34)22-13-14-22/h6-8,11-12,15,22-24H,4-5,9-10,13-14,16-20H2,1-3H3/t23-,24?/m0/s1. The first-order valence-corrected chi connectivity index (χ1v) is 13.9. The van der Waals surface area contributed by atoms with Gasteiger partial charge >= 0.3 is 0 Å². The molecule has 3 fully saturated rings. The van der Waals surface area contributed by atoms with E-state index in [0.717, 1.165) is 50.7 Å². The first-order chi connectivity index (χ1) is 17.7. The summed E-state index contributed by atoms with van der Waals surface area (Å²) < 4.78 is 8.45. The van der Waals surface area contributed by atoms with Gasteiger partial charge in [-0.25, -0.2) is 4.98 Å². The van der Waals surface area contributed by atoms with E-state index in [1.54, 1.807) is 0 Å². The highest BCUT2D eigenvalue weighted by atomic mass is 16.5. The molecule has 7 heteroatoms. The van der Waals surface area contributed by atoms with E-state index < -0.39 is 0 Å². The van der Waals surface area contributed by atoms with Crippen LogP contribution in [0.3, 0.4) is 0 Å². The fourth-order valence-electron chi connectivity index (χ4n) is 6.39. The lowest BCUT2D eigenvalue weighted by atomic mass is 9.90. The molecule has 3 aliphatic rings. The SMILES string of the molecule is CCOCc1c(C2CCC[C@@H](c3ncccc3C)N2C)nc2cccc(N3CCN(C4CC4)CC3)n12. The van der Waals surface area contributed by atoms with Crippen LogP contribution in [-0.4, -0.2) is 70.0 Å². The second-order valence-electron chi connectivity index (χ2n) is 10.7. The number of anilines is 1. The topological polar surface area (TPSA) is 49.1 Å². The van der Waals surface area contributed by atoms with E-state index in [0.29, 0.717) is 19.3 Å². The minimum Gasteiger partial charge on any atom is -0.375 e. The van der Waals surface area contributed by atoms with E-state index in [-0.39, 0.29) is 6.04 Å². The highest BCUT2D eigenvalue weighted by Gasteiger charge is 2.36. The van der Waals surface area contributed by atoms with Crippen LogP contribution in [-0.2, 0) is 11.3 Å². The quantitative estimate of drug-likeness (QED) is 0.478. The van der Waals surface area contributed by atoms with Crippen molar-refractivity contribution in [2.45, 2.75) is 70.7 Å². The van der Waals surface area contributed by atoms with Crippen LogP contribution in [0.1, 0.15) is 73.8 Å². The number of ether oxygens (including phenoxy) is 1. The third kappa shape index (κ3) is 4.42. The number of aryl methyl sites for hydroxylation is 1. The highest BCUT2D eigenvalue weighted by Crippen LogP contribution is 2.42. The number of fused-ring (bicyclic) bond motifs is 1. The molecular weight excluding hydrogens is 448 g/mol. The molecule has 1 saturated carbocycles. The maximum absolute atomic E-state index is 6.06. The van der Waals surface area contributed by atoms with Crippen molar-refractivity contribution < 1.29 is 4.74 Å². The average Bonchev–Trinajstić information content (AvgIpc) is 3.69. The van der Waals surface area contributed by atoms with Gasteiger partial charge < -0.3 is 9.64 Å².